The maximum atomic E-state index is 13.2. The third-order valence-electron chi connectivity index (χ3n) is 11.4. The van der Waals surface area contributed by atoms with E-state index >= 15 is 0 Å². The van der Waals surface area contributed by atoms with Crippen molar-refractivity contribution in [3.05, 3.63) is 23.3 Å². The molecule has 0 saturated heterocycles. The Kier molecular flexibility index (Phi) is 8.22. The highest BCUT2D eigenvalue weighted by molar-refractivity contribution is 5.87. The molecule has 3 fully saturated rings. The zero-order valence-electron chi connectivity index (χ0n) is 26.0. The second-order valence-corrected chi connectivity index (χ2v) is 14.1. The minimum Gasteiger partial charge on any atom is -0.461 e. The number of rotatable bonds is 7. The first-order valence-electron chi connectivity index (χ1n) is 15.0. The summed E-state index contributed by atoms with van der Waals surface area (Å²) in [6, 6.07) is 0. The van der Waals surface area contributed by atoms with Crippen LogP contribution in [0, 0.1) is 22.7 Å². The number of hydrogen-bond donors (Lipinski definition) is 3. The Morgan fingerprint density at radius 3 is 2.32 bits per heavy atom. The van der Waals surface area contributed by atoms with Crippen molar-refractivity contribution < 1.29 is 39.2 Å². The summed E-state index contributed by atoms with van der Waals surface area (Å²) < 4.78 is 11.8. The molecular weight excluding hydrogens is 526 g/mol. The Labute approximate surface area is 244 Å². The molecule has 0 aromatic carbocycles. The summed E-state index contributed by atoms with van der Waals surface area (Å²) in [7, 11) is 3.62. The fourth-order valence-electron chi connectivity index (χ4n) is 8.46. The van der Waals surface area contributed by atoms with Gasteiger partial charge in [-0.1, -0.05) is 38.0 Å². The predicted molar refractivity (Wildman–Crippen MR) is 153 cm³/mol. The van der Waals surface area contributed by atoms with Gasteiger partial charge in [0.1, 0.15) is 29.0 Å². The van der Waals surface area contributed by atoms with Crippen LogP contribution < -0.4 is 0 Å². The fourth-order valence-corrected chi connectivity index (χ4v) is 8.46. The lowest BCUT2D eigenvalue weighted by Crippen LogP contribution is -2.78. The Morgan fingerprint density at radius 1 is 1.07 bits per heavy atom. The van der Waals surface area contributed by atoms with Gasteiger partial charge in [-0.25, -0.2) is 4.79 Å². The second-order valence-electron chi connectivity index (χ2n) is 14.1. The van der Waals surface area contributed by atoms with Crippen LogP contribution in [0.2, 0.25) is 0 Å². The quantitative estimate of drug-likeness (QED) is 0.238. The number of allylic oxidation sites excluding steroid dienone is 1. The lowest BCUT2D eigenvalue weighted by atomic mass is 9.42. The number of hydrogen-bond acceptors (Lipinski definition) is 9. The third kappa shape index (κ3) is 4.71. The molecule has 41 heavy (non-hydrogen) atoms. The Balaban J connectivity index is 1.74. The van der Waals surface area contributed by atoms with Gasteiger partial charge in [-0.15, -0.1) is 0 Å². The van der Waals surface area contributed by atoms with E-state index in [0.717, 1.165) is 11.1 Å². The van der Waals surface area contributed by atoms with Crippen LogP contribution in [-0.4, -0.2) is 87.6 Å². The summed E-state index contributed by atoms with van der Waals surface area (Å²) in [5.74, 6) is -1.80. The van der Waals surface area contributed by atoms with Gasteiger partial charge < -0.3 is 24.8 Å². The van der Waals surface area contributed by atoms with E-state index in [1.807, 2.05) is 40.9 Å². The normalized spacial score (nSPS) is 42.2. The maximum Gasteiger partial charge on any atom is 0.330 e. The fraction of sp³-hybridized carbons (Fsp3) is 0.781. The van der Waals surface area contributed by atoms with Crippen LogP contribution in [0.25, 0.3) is 0 Å². The summed E-state index contributed by atoms with van der Waals surface area (Å²) in [4.78, 5) is 40.3. The van der Waals surface area contributed by atoms with E-state index in [1.54, 1.807) is 11.8 Å². The predicted octanol–water partition coefficient (Wildman–Crippen LogP) is 3.10. The molecule has 8 atom stereocenters. The van der Waals surface area contributed by atoms with Crippen molar-refractivity contribution in [3.63, 3.8) is 0 Å². The number of ether oxygens (including phenoxy) is 2. The summed E-state index contributed by atoms with van der Waals surface area (Å²) in [6.07, 6.45) is 4.03. The number of ketones is 1. The number of fused-ring (bicyclic) bond motifs is 5. The van der Waals surface area contributed by atoms with Crippen LogP contribution in [0.3, 0.4) is 0 Å². The molecule has 3 N–H and O–H groups in total. The largest absolute Gasteiger partial charge is 0.461 e. The maximum absolute atomic E-state index is 13.2. The van der Waals surface area contributed by atoms with Crippen LogP contribution in [0.1, 0.15) is 86.5 Å². The van der Waals surface area contributed by atoms with Gasteiger partial charge in [-0.3, -0.25) is 14.5 Å². The van der Waals surface area contributed by atoms with Gasteiger partial charge in [-0.2, -0.15) is 0 Å². The van der Waals surface area contributed by atoms with Gasteiger partial charge in [-0.05, 0) is 84.7 Å². The zero-order valence-corrected chi connectivity index (χ0v) is 26.0. The first-order chi connectivity index (χ1) is 18.9. The van der Waals surface area contributed by atoms with E-state index < -0.39 is 51.4 Å². The molecule has 0 bridgehead atoms. The summed E-state index contributed by atoms with van der Waals surface area (Å²) in [5, 5.41) is 36.9. The molecule has 9 heteroatoms. The molecule has 0 radical (unpaired) electrons. The number of Topliss-reactive ketones (excluding diaryl/α,β-unsaturated/α-hetero) is 1. The van der Waals surface area contributed by atoms with Crippen molar-refractivity contribution in [2.24, 2.45) is 22.7 Å². The van der Waals surface area contributed by atoms with Crippen molar-refractivity contribution in [2.45, 2.75) is 115 Å². The highest BCUT2D eigenvalue weighted by Gasteiger charge is 2.81. The SMILES string of the molecule is CC(=O)[C@]1(O)CC[C@@]2(O)[C@]1(C)[C@H](OC(=O)/C=C(\C)C(C)C)CC1[C@@]3(C)CC[C@H](OC(=O)CN(C)C)CC3=CC[C@]12O. The smallest absolute Gasteiger partial charge is 0.330 e. The second kappa shape index (κ2) is 10.6. The average Bonchev–Trinajstić information content (AvgIpc) is 3.09. The summed E-state index contributed by atoms with van der Waals surface area (Å²) in [6.45, 7) is 10.9. The lowest BCUT2D eigenvalue weighted by molar-refractivity contribution is -0.314. The topological polar surface area (TPSA) is 134 Å². The van der Waals surface area contributed by atoms with Gasteiger partial charge in [0.05, 0.1) is 12.0 Å². The van der Waals surface area contributed by atoms with Crippen LogP contribution in [0.4, 0.5) is 0 Å². The molecule has 230 valence electrons. The first-order valence-corrected chi connectivity index (χ1v) is 15.0. The third-order valence-corrected chi connectivity index (χ3v) is 11.4. The van der Waals surface area contributed by atoms with Gasteiger partial charge >= 0.3 is 11.9 Å². The van der Waals surface area contributed by atoms with Crippen LogP contribution >= 0.6 is 0 Å². The number of esters is 2. The van der Waals surface area contributed by atoms with Crippen LogP contribution in [0.15, 0.2) is 23.3 Å². The van der Waals surface area contributed by atoms with Gasteiger partial charge in [0.25, 0.3) is 0 Å². The lowest BCUT2D eigenvalue weighted by Gasteiger charge is -2.67. The molecule has 0 amide bonds. The molecule has 9 nitrogen and oxygen atoms in total. The van der Waals surface area contributed by atoms with Crippen molar-refractivity contribution in [2.75, 3.05) is 20.6 Å². The standard InChI is InChI=1S/C32H49NO8/c1-19(2)20(3)15-26(35)41-25-17-24-28(5)11-10-23(40-27(36)18-33(7)8)16-22(28)9-12-31(24,38)32(39)14-13-30(37,21(4)34)29(25,32)6/h9,15,19,23-25,37-39H,10-14,16-18H2,1-8H3/b20-15+/t23-,24?,25+,28-,29+,30+,31-,32+/m0/s1. The molecule has 0 aromatic heterocycles. The minimum atomic E-state index is -1.98. The number of carbonyl (C=O) groups is 3. The van der Waals surface area contributed by atoms with Crippen molar-refractivity contribution in [1.82, 2.24) is 4.90 Å². The number of aliphatic hydroxyl groups is 3. The molecule has 0 spiro atoms. The Morgan fingerprint density at radius 2 is 1.73 bits per heavy atom. The molecular formula is C32H49NO8. The number of carbonyl (C=O) groups excluding carboxylic acids is 3. The van der Waals surface area contributed by atoms with Crippen molar-refractivity contribution in [3.8, 4) is 0 Å². The molecule has 4 rings (SSSR count). The zero-order chi connectivity index (χ0) is 30.8. The monoisotopic (exact) mass is 575 g/mol. The molecule has 4 aliphatic rings. The van der Waals surface area contributed by atoms with E-state index in [2.05, 4.69) is 6.92 Å². The van der Waals surface area contributed by atoms with E-state index in [1.165, 1.54) is 13.0 Å². The van der Waals surface area contributed by atoms with Crippen LogP contribution in [-0.2, 0) is 23.9 Å². The van der Waals surface area contributed by atoms with Crippen LogP contribution in [0.5, 0.6) is 0 Å². The summed E-state index contributed by atoms with van der Waals surface area (Å²) in [5.41, 5.74) is -5.87. The first kappa shape index (κ1) is 31.9. The molecule has 4 aliphatic carbocycles. The summed E-state index contributed by atoms with van der Waals surface area (Å²) >= 11 is 0. The Bertz CT molecular complexity index is 1160. The minimum absolute atomic E-state index is 0.00841. The van der Waals surface area contributed by atoms with Crippen molar-refractivity contribution >= 4 is 17.7 Å². The number of nitrogens with zero attached hydrogens (tertiary/aromatic N) is 1. The highest BCUT2D eigenvalue weighted by Crippen LogP contribution is 2.71. The van der Waals surface area contributed by atoms with E-state index in [9.17, 15) is 29.7 Å². The molecule has 0 heterocycles. The molecule has 3 saturated carbocycles. The highest BCUT2D eigenvalue weighted by atomic mass is 16.6. The molecule has 0 aromatic rings. The molecule has 1 unspecified atom stereocenters. The average molecular weight is 576 g/mol. The van der Waals surface area contributed by atoms with Gasteiger partial charge in [0, 0.05) is 18.4 Å². The molecule has 0 aliphatic heterocycles. The van der Waals surface area contributed by atoms with Gasteiger partial charge in [0.2, 0.25) is 0 Å². The number of likely N-dealkylation sites (N-methyl/N-ethyl adjacent to an activating group) is 1. The van der Waals surface area contributed by atoms with Crippen molar-refractivity contribution in [1.29, 1.82) is 0 Å². The van der Waals surface area contributed by atoms with Gasteiger partial charge in [0.15, 0.2) is 5.78 Å². The van der Waals surface area contributed by atoms with E-state index in [0.29, 0.717) is 19.3 Å². The van der Waals surface area contributed by atoms with E-state index in [4.69, 9.17) is 9.47 Å². The Hall–Kier alpha value is -2.07. The van der Waals surface area contributed by atoms with E-state index in [-0.39, 0.29) is 50.2 Å².